The van der Waals surface area contributed by atoms with Gasteiger partial charge in [-0.2, -0.15) is 5.26 Å². The first kappa shape index (κ1) is 31.3. The number of rotatable bonds is 5. The summed E-state index contributed by atoms with van der Waals surface area (Å²) in [5.41, 5.74) is 3.01. The predicted octanol–water partition coefficient (Wildman–Crippen LogP) is 6.14. The van der Waals surface area contributed by atoms with E-state index >= 15 is 0 Å². The zero-order valence-electron chi connectivity index (χ0n) is 27.2. The molecular formula is C36H41ClN6O2S. The van der Waals surface area contributed by atoms with E-state index in [1.54, 1.807) is 0 Å². The van der Waals surface area contributed by atoms with Gasteiger partial charge in [0.25, 0.3) is 5.91 Å². The summed E-state index contributed by atoms with van der Waals surface area (Å²) in [6.07, 6.45) is 3.76. The molecule has 4 atom stereocenters. The van der Waals surface area contributed by atoms with Crippen LogP contribution in [0.3, 0.4) is 0 Å². The second kappa shape index (κ2) is 11.4. The van der Waals surface area contributed by atoms with Gasteiger partial charge in [0.15, 0.2) is 5.17 Å². The lowest BCUT2D eigenvalue weighted by Gasteiger charge is -2.42. The highest BCUT2D eigenvalue weighted by Gasteiger charge is 2.55. The fraction of sp³-hybridized carbons (Fsp3) is 0.500. The number of likely N-dealkylation sites (tertiary alicyclic amines) is 1. The Hall–Kier alpha value is -3.32. The molecule has 0 aromatic heterocycles. The molecular weight excluding hydrogens is 616 g/mol. The zero-order chi connectivity index (χ0) is 32.5. The number of carbonyl (C=O) groups excluding carboxylic acids is 2. The van der Waals surface area contributed by atoms with Gasteiger partial charge in [-0.3, -0.25) is 14.5 Å². The minimum atomic E-state index is -0.682. The summed E-state index contributed by atoms with van der Waals surface area (Å²) < 4.78 is 0. The molecule has 5 aliphatic rings. The van der Waals surface area contributed by atoms with E-state index in [0.717, 1.165) is 54.3 Å². The van der Waals surface area contributed by atoms with Gasteiger partial charge in [-0.25, -0.2) is 4.99 Å². The van der Waals surface area contributed by atoms with Crippen LogP contribution in [0.5, 0.6) is 0 Å². The van der Waals surface area contributed by atoms with E-state index in [-0.39, 0.29) is 35.4 Å². The van der Waals surface area contributed by atoms with Crippen LogP contribution in [-0.2, 0) is 15.1 Å². The van der Waals surface area contributed by atoms with Crippen LogP contribution in [0.4, 0.5) is 0 Å². The first-order valence-electron chi connectivity index (χ1n) is 16.4. The summed E-state index contributed by atoms with van der Waals surface area (Å²) in [5.74, 6) is 0.0491. The van der Waals surface area contributed by atoms with E-state index in [9.17, 15) is 14.9 Å². The smallest absolute Gasteiger partial charge is 0.263 e. The molecule has 2 aromatic rings. The number of likely N-dealkylation sites (N-methyl/N-ethyl adjacent to an activating group) is 1. The lowest BCUT2D eigenvalue weighted by atomic mass is 9.81. The highest BCUT2D eigenvalue weighted by molar-refractivity contribution is 8.18. The van der Waals surface area contributed by atoms with Crippen LogP contribution in [-0.4, -0.2) is 80.9 Å². The summed E-state index contributed by atoms with van der Waals surface area (Å²) in [6, 6.07) is 17.0. The summed E-state index contributed by atoms with van der Waals surface area (Å²) in [4.78, 5) is 43.4. The summed E-state index contributed by atoms with van der Waals surface area (Å²) in [6.45, 7) is 10.8. The molecule has 8 nitrogen and oxygen atoms in total. The molecule has 2 aromatic carbocycles. The Morgan fingerprint density at radius 3 is 2.39 bits per heavy atom. The summed E-state index contributed by atoms with van der Waals surface area (Å²) >= 11 is 7.77. The number of nitriles is 1. The van der Waals surface area contributed by atoms with Crippen molar-refractivity contribution in [3.8, 4) is 6.07 Å². The van der Waals surface area contributed by atoms with Crippen molar-refractivity contribution < 1.29 is 9.59 Å². The van der Waals surface area contributed by atoms with Crippen LogP contribution in [0, 0.1) is 17.2 Å². The van der Waals surface area contributed by atoms with Gasteiger partial charge < -0.3 is 14.7 Å². The zero-order valence-corrected chi connectivity index (χ0v) is 28.7. The summed E-state index contributed by atoms with van der Waals surface area (Å²) in [7, 11) is 2.16. The van der Waals surface area contributed by atoms with E-state index in [2.05, 4.69) is 50.6 Å². The molecule has 0 radical (unpaired) electrons. The van der Waals surface area contributed by atoms with Gasteiger partial charge in [-0.1, -0.05) is 49.7 Å². The third kappa shape index (κ3) is 4.96. The van der Waals surface area contributed by atoms with Crippen molar-refractivity contribution in [1.82, 2.24) is 19.6 Å². The Bertz CT molecular complexity index is 1680. The molecule has 7 rings (SSSR count). The van der Waals surface area contributed by atoms with Crippen molar-refractivity contribution in [3.63, 3.8) is 0 Å². The average molecular weight is 657 g/mol. The number of piperazine rings is 1. The molecule has 46 heavy (non-hydrogen) atoms. The number of aliphatic imine (C=N–C) groups is 1. The molecule has 4 aliphatic heterocycles. The molecule has 2 amide bonds. The highest BCUT2D eigenvalue weighted by Crippen LogP contribution is 2.56. The monoisotopic (exact) mass is 656 g/mol. The number of amides is 2. The number of benzene rings is 2. The second-order valence-corrected chi connectivity index (χ2v) is 15.5. The molecule has 0 N–H and O–H groups in total. The molecule has 0 unspecified atom stereocenters. The molecule has 3 fully saturated rings. The third-order valence-corrected chi connectivity index (χ3v) is 12.2. The van der Waals surface area contributed by atoms with Gasteiger partial charge in [0, 0.05) is 41.9 Å². The van der Waals surface area contributed by atoms with E-state index < -0.39 is 11.6 Å². The third-order valence-electron chi connectivity index (χ3n) is 10.9. The van der Waals surface area contributed by atoms with Crippen molar-refractivity contribution in [3.05, 3.63) is 80.8 Å². The number of amidine groups is 1. The Kier molecular flexibility index (Phi) is 7.77. The number of fused-ring (bicyclic) bond motifs is 1. The fourth-order valence-corrected chi connectivity index (χ4v) is 9.47. The minimum Gasteiger partial charge on any atom is -0.338 e. The van der Waals surface area contributed by atoms with Crippen LogP contribution in [0.25, 0.3) is 0 Å². The van der Waals surface area contributed by atoms with Crippen LogP contribution < -0.4 is 0 Å². The molecule has 2 saturated heterocycles. The second-order valence-electron chi connectivity index (χ2n) is 14.1. The maximum atomic E-state index is 14.7. The van der Waals surface area contributed by atoms with Crippen LogP contribution in [0.15, 0.2) is 64.1 Å². The highest BCUT2D eigenvalue weighted by atomic mass is 35.5. The molecule has 1 aliphatic carbocycles. The topological polar surface area (TPSA) is 83.2 Å². The van der Waals surface area contributed by atoms with Crippen molar-refractivity contribution >= 4 is 40.3 Å². The molecule has 1 spiro atoms. The van der Waals surface area contributed by atoms with E-state index in [0.29, 0.717) is 28.5 Å². The van der Waals surface area contributed by atoms with Crippen molar-refractivity contribution in [2.24, 2.45) is 10.9 Å². The average Bonchev–Trinajstić information content (AvgIpc) is 3.42. The van der Waals surface area contributed by atoms with Gasteiger partial charge >= 0.3 is 0 Å². The van der Waals surface area contributed by atoms with E-state index in [1.807, 2.05) is 58.3 Å². The molecule has 0 bridgehead atoms. The van der Waals surface area contributed by atoms with Gasteiger partial charge in [-0.15, -0.1) is 0 Å². The maximum Gasteiger partial charge on any atom is 0.263 e. The standard InChI is InChI=1S/C36H41ClN6O2S/c1-22(2)29-30(33(45)42-23(3)6-15-28(42)32(44)41-19-18-40(5)36(21-41)16-17-36)46-34-39-35(4,26-11-7-24(20-38)8-12-26)31(43(29)34)25-9-13-27(37)14-10-25/h7-14,22-23,28,31H,6,15-19,21H2,1-5H3/t23-,28+,31-,35+/m1/s1. The lowest BCUT2D eigenvalue weighted by molar-refractivity contribution is -0.145. The molecule has 4 heterocycles. The Balaban J connectivity index is 1.25. The Morgan fingerprint density at radius 1 is 1.07 bits per heavy atom. The Morgan fingerprint density at radius 2 is 1.76 bits per heavy atom. The molecule has 240 valence electrons. The lowest BCUT2D eigenvalue weighted by Crippen LogP contribution is -2.59. The van der Waals surface area contributed by atoms with Gasteiger partial charge in [0.05, 0.1) is 17.7 Å². The summed E-state index contributed by atoms with van der Waals surface area (Å²) in [5, 5.41) is 10.9. The fourth-order valence-electron chi connectivity index (χ4n) is 7.99. The van der Waals surface area contributed by atoms with Crippen LogP contribution >= 0.6 is 23.4 Å². The quantitative estimate of drug-likeness (QED) is 0.385. The number of thioether (sulfide) groups is 1. The van der Waals surface area contributed by atoms with Crippen LogP contribution in [0.2, 0.25) is 5.02 Å². The van der Waals surface area contributed by atoms with E-state index in [1.165, 1.54) is 11.8 Å². The van der Waals surface area contributed by atoms with Crippen molar-refractivity contribution in [2.45, 2.75) is 82.6 Å². The number of nitrogens with zero attached hydrogens (tertiary/aromatic N) is 6. The largest absolute Gasteiger partial charge is 0.338 e. The number of halogens is 1. The van der Waals surface area contributed by atoms with E-state index in [4.69, 9.17) is 16.6 Å². The number of hydrogen-bond donors (Lipinski definition) is 0. The molecule has 10 heteroatoms. The first-order chi connectivity index (χ1) is 22.0. The minimum absolute atomic E-state index is 0.0247. The normalized spacial score (nSPS) is 28.6. The number of allylic oxidation sites excluding steroid dienone is 1. The first-order valence-corrected chi connectivity index (χ1v) is 17.6. The van der Waals surface area contributed by atoms with Gasteiger partial charge in [0.1, 0.15) is 16.5 Å². The van der Waals surface area contributed by atoms with Gasteiger partial charge in [-0.05, 0) is 99.7 Å². The molecule has 1 saturated carbocycles. The van der Waals surface area contributed by atoms with Crippen LogP contribution in [0.1, 0.15) is 76.1 Å². The number of hydrogen-bond acceptors (Lipinski definition) is 7. The Labute approximate surface area is 281 Å². The number of carbonyl (C=O) groups is 2. The maximum absolute atomic E-state index is 14.7. The van der Waals surface area contributed by atoms with Crippen molar-refractivity contribution in [2.75, 3.05) is 26.7 Å². The van der Waals surface area contributed by atoms with Gasteiger partial charge in [0.2, 0.25) is 5.91 Å². The predicted molar refractivity (Wildman–Crippen MR) is 182 cm³/mol. The van der Waals surface area contributed by atoms with Crippen molar-refractivity contribution in [1.29, 1.82) is 5.26 Å². The SMILES string of the molecule is CC(C)C1=C(C(=O)N2[C@H](C)CC[C@H]2C(=O)N2CCN(C)C3(CC3)C2)SC2=N[C@@](C)(c3ccc(C#N)cc3)[C@@H](c3ccc(Cl)cc3)N21.